The van der Waals surface area contributed by atoms with E-state index in [9.17, 15) is 0 Å². The van der Waals surface area contributed by atoms with E-state index in [2.05, 4.69) is 20.1 Å². The third kappa shape index (κ3) is 14.5. The van der Waals surface area contributed by atoms with Crippen LogP contribution in [0.4, 0.5) is 0 Å². The summed E-state index contributed by atoms with van der Waals surface area (Å²) in [7, 11) is 0. The highest BCUT2D eigenvalue weighted by molar-refractivity contribution is 4.47. The molecular formula is C9H18N6O2. The third-order valence-electron chi connectivity index (χ3n) is 1.80. The van der Waals surface area contributed by atoms with Crippen molar-refractivity contribution in [3.05, 3.63) is 20.9 Å². The Hall–Kier alpha value is -1.46. The Balaban J connectivity index is 2.98. The molecular weight excluding hydrogens is 224 g/mol. The molecule has 0 spiro atoms. The van der Waals surface area contributed by atoms with Gasteiger partial charge in [-0.15, -0.1) is 0 Å². The van der Waals surface area contributed by atoms with E-state index in [4.69, 9.17) is 20.5 Å². The molecule has 0 aromatic carbocycles. The van der Waals surface area contributed by atoms with Crippen LogP contribution >= 0.6 is 0 Å². The normalized spacial score (nSPS) is 9.41. The van der Waals surface area contributed by atoms with Crippen molar-refractivity contribution >= 4 is 0 Å². The number of ether oxygens (including phenoxy) is 2. The molecule has 0 radical (unpaired) electrons. The van der Waals surface area contributed by atoms with Crippen molar-refractivity contribution in [2.45, 2.75) is 19.3 Å². The lowest BCUT2D eigenvalue weighted by molar-refractivity contribution is 0.0820. The van der Waals surface area contributed by atoms with Gasteiger partial charge in [0.15, 0.2) is 0 Å². The fourth-order valence-electron chi connectivity index (χ4n) is 1.03. The minimum Gasteiger partial charge on any atom is -0.381 e. The number of hydrogen-bond acceptors (Lipinski definition) is 4. The summed E-state index contributed by atoms with van der Waals surface area (Å²) in [6.07, 6.45) is 2.33. The maximum atomic E-state index is 8.02. The third-order valence-corrected chi connectivity index (χ3v) is 1.80. The molecule has 17 heavy (non-hydrogen) atoms. The standard InChI is InChI=1S/C9H18N6O2/c10-14-12-4-1-6-16-8-3-9-17-7-2-5-13-15-11/h1-9H2. The fraction of sp³-hybridized carbons (Fsp3) is 1.00. The Labute approximate surface area is 100 Å². The van der Waals surface area contributed by atoms with E-state index in [1.54, 1.807) is 0 Å². The molecule has 0 rings (SSSR count). The smallest absolute Gasteiger partial charge is 0.0487 e. The molecule has 0 aliphatic rings. The second kappa shape index (κ2) is 14.5. The van der Waals surface area contributed by atoms with Crippen LogP contribution in [0.5, 0.6) is 0 Å². The second-order valence-electron chi connectivity index (χ2n) is 3.19. The summed E-state index contributed by atoms with van der Waals surface area (Å²) in [5.74, 6) is 0. The van der Waals surface area contributed by atoms with Crippen LogP contribution in [-0.4, -0.2) is 39.5 Å². The van der Waals surface area contributed by atoms with E-state index in [1.165, 1.54) is 0 Å². The average Bonchev–Trinajstić information content (AvgIpc) is 2.35. The zero-order chi connectivity index (χ0) is 12.6. The zero-order valence-electron chi connectivity index (χ0n) is 9.86. The lowest BCUT2D eigenvalue weighted by atomic mass is 10.4. The molecule has 0 heterocycles. The van der Waals surface area contributed by atoms with E-state index in [0.29, 0.717) is 39.5 Å². The first-order valence-electron chi connectivity index (χ1n) is 5.59. The molecule has 0 saturated carbocycles. The highest BCUT2D eigenvalue weighted by Crippen LogP contribution is 1.90. The molecule has 8 heteroatoms. The molecule has 0 bridgehead atoms. The number of azide groups is 2. The Morgan fingerprint density at radius 1 is 0.706 bits per heavy atom. The van der Waals surface area contributed by atoms with E-state index >= 15 is 0 Å². The Morgan fingerprint density at radius 3 is 1.53 bits per heavy atom. The summed E-state index contributed by atoms with van der Waals surface area (Å²) in [5.41, 5.74) is 16.0. The molecule has 0 N–H and O–H groups in total. The summed E-state index contributed by atoms with van der Waals surface area (Å²) in [6, 6.07) is 0. The van der Waals surface area contributed by atoms with Gasteiger partial charge in [0.1, 0.15) is 0 Å². The van der Waals surface area contributed by atoms with Crippen LogP contribution < -0.4 is 0 Å². The first-order valence-corrected chi connectivity index (χ1v) is 5.59. The maximum absolute atomic E-state index is 8.02. The zero-order valence-corrected chi connectivity index (χ0v) is 9.86. The van der Waals surface area contributed by atoms with Crippen LogP contribution in [0.2, 0.25) is 0 Å². The van der Waals surface area contributed by atoms with Gasteiger partial charge in [-0.3, -0.25) is 0 Å². The Bertz CT molecular complexity index is 234. The highest BCUT2D eigenvalue weighted by atomic mass is 16.5. The van der Waals surface area contributed by atoms with Gasteiger partial charge in [-0.1, -0.05) is 10.2 Å². The number of nitrogens with zero attached hydrogens (tertiary/aromatic N) is 6. The molecule has 0 aromatic rings. The van der Waals surface area contributed by atoms with Gasteiger partial charge in [0.05, 0.1) is 0 Å². The van der Waals surface area contributed by atoms with Gasteiger partial charge in [-0.2, -0.15) is 0 Å². The maximum Gasteiger partial charge on any atom is 0.0487 e. The molecule has 0 saturated heterocycles. The summed E-state index contributed by atoms with van der Waals surface area (Å²) >= 11 is 0. The lowest BCUT2D eigenvalue weighted by Gasteiger charge is -2.04. The van der Waals surface area contributed by atoms with Crippen LogP contribution in [0.25, 0.3) is 20.9 Å². The first-order chi connectivity index (χ1) is 8.41. The van der Waals surface area contributed by atoms with Crippen molar-refractivity contribution < 1.29 is 9.47 Å². The SMILES string of the molecule is [N-]=[N+]=NCCCOCCCOCCCN=[N+]=[N-]. The number of hydrogen-bond donors (Lipinski definition) is 0. The van der Waals surface area contributed by atoms with Gasteiger partial charge >= 0.3 is 0 Å². The average molecular weight is 242 g/mol. The Morgan fingerprint density at radius 2 is 1.12 bits per heavy atom. The minimum atomic E-state index is 0.479. The molecule has 0 fully saturated rings. The molecule has 96 valence electrons. The van der Waals surface area contributed by atoms with Gasteiger partial charge in [-0.05, 0) is 30.3 Å². The van der Waals surface area contributed by atoms with E-state index in [-0.39, 0.29) is 0 Å². The van der Waals surface area contributed by atoms with Crippen LogP contribution in [0.3, 0.4) is 0 Å². The molecule has 0 unspecified atom stereocenters. The minimum absolute atomic E-state index is 0.479. The van der Waals surface area contributed by atoms with E-state index < -0.39 is 0 Å². The second-order valence-corrected chi connectivity index (χ2v) is 3.19. The van der Waals surface area contributed by atoms with Crippen LogP contribution in [0.1, 0.15) is 19.3 Å². The van der Waals surface area contributed by atoms with Crippen molar-refractivity contribution in [3.63, 3.8) is 0 Å². The van der Waals surface area contributed by atoms with Crippen molar-refractivity contribution in [2.75, 3.05) is 39.5 Å². The van der Waals surface area contributed by atoms with Gasteiger partial charge in [0, 0.05) is 49.3 Å². The molecule has 0 amide bonds. The fourth-order valence-corrected chi connectivity index (χ4v) is 1.03. The van der Waals surface area contributed by atoms with Crippen LogP contribution in [0.15, 0.2) is 10.2 Å². The monoisotopic (exact) mass is 242 g/mol. The van der Waals surface area contributed by atoms with Gasteiger partial charge in [0.25, 0.3) is 0 Å². The summed E-state index contributed by atoms with van der Waals surface area (Å²) in [6.45, 7) is 3.46. The molecule has 0 atom stereocenters. The van der Waals surface area contributed by atoms with Crippen LogP contribution in [0, 0.1) is 0 Å². The predicted octanol–water partition coefficient (Wildman–Crippen LogP) is 2.81. The Kier molecular flexibility index (Phi) is 13.3. The molecule has 0 aliphatic carbocycles. The first kappa shape index (κ1) is 15.5. The lowest BCUT2D eigenvalue weighted by Crippen LogP contribution is -2.04. The van der Waals surface area contributed by atoms with Crippen molar-refractivity contribution in [1.82, 2.24) is 0 Å². The van der Waals surface area contributed by atoms with E-state index in [1.807, 2.05) is 0 Å². The van der Waals surface area contributed by atoms with E-state index in [0.717, 1.165) is 19.3 Å². The van der Waals surface area contributed by atoms with Crippen molar-refractivity contribution in [2.24, 2.45) is 10.2 Å². The largest absolute Gasteiger partial charge is 0.381 e. The van der Waals surface area contributed by atoms with Gasteiger partial charge in [-0.25, -0.2) is 0 Å². The predicted molar refractivity (Wildman–Crippen MR) is 63.5 cm³/mol. The van der Waals surface area contributed by atoms with Gasteiger partial charge in [0.2, 0.25) is 0 Å². The molecule has 0 aliphatic heterocycles. The highest BCUT2D eigenvalue weighted by Gasteiger charge is 1.91. The van der Waals surface area contributed by atoms with Crippen molar-refractivity contribution in [3.8, 4) is 0 Å². The number of rotatable bonds is 12. The van der Waals surface area contributed by atoms with Crippen LogP contribution in [-0.2, 0) is 9.47 Å². The molecule has 8 nitrogen and oxygen atoms in total. The quantitative estimate of drug-likeness (QED) is 0.226. The topological polar surface area (TPSA) is 116 Å². The van der Waals surface area contributed by atoms with Crippen molar-refractivity contribution in [1.29, 1.82) is 0 Å². The molecule has 0 aromatic heterocycles. The van der Waals surface area contributed by atoms with Gasteiger partial charge < -0.3 is 9.47 Å². The summed E-state index contributed by atoms with van der Waals surface area (Å²) in [4.78, 5) is 5.29. The summed E-state index contributed by atoms with van der Waals surface area (Å²) < 4.78 is 10.6. The summed E-state index contributed by atoms with van der Waals surface area (Å²) in [5, 5.41) is 6.79.